The fourth-order valence-electron chi connectivity index (χ4n) is 4.23. The Morgan fingerprint density at radius 1 is 1.30 bits per heavy atom. The van der Waals surface area contributed by atoms with Crippen molar-refractivity contribution in [3.8, 4) is 0 Å². The third-order valence-electron chi connectivity index (χ3n) is 5.53. The van der Waals surface area contributed by atoms with Crippen molar-refractivity contribution < 1.29 is 5.11 Å². The van der Waals surface area contributed by atoms with Crippen LogP contribution in [-0.4, -0.2) is 40.6 Å². The summed E-state index contributed by atoms with van der Waals surface area (Å²) >= 11 is 0. The summed E-state index contributed by atoms with van der Waals surface area (Å²) in [4.78, 5) is 19.0. The van der Waals surface area contributed by atoms with E-state index in [1.165, 1.54) is 5.57 Å². The molecule has 1 saturated carbocycles. The molecule has 3 aliphatic rings. The van der Waals surface area contributed by atoms with Gasteiger partial charge in [0, 0.05) is 56.4 Å². The van der Waals surface area contributed by atoms with E-state index in [1.54, 1.807) is 6.07 Å². The molecule has 1 atom stereocenters. The summed E-state index contributed by atoms with van der Waals surface area (Å²) in [6.45, 7) is 0.293. The van der Waals surface area contributed by atoms with Crippen LogP contribution in [0.2, 0.25) is 0 Å². The first-order chi connectivity index (χ1) is 11.2. The van der Waals surface area contributed by atoms with Crippen LogP contribution in [0.25, 0.3) is 11.8 Å². The summed E-state index contributed by atoms with van der Waals surface area (Å²) < 4.78 is 2.31. The van der Waals surface area contributed by atoms with Crippen LogP contribution < -0.4 is 16.0 Å². The molecule has 1 N–H and O–H groups in total. The van der Waals surface area contributed by atoms with Crippen molar-refractivity contribution in [2.75, 3.05) is 13.7 Å². The van der Waals surface area contributed by atoms with Crippen LogP contribution in [0.1, 0.15) is 38.1 Å². The maximum atomic E-state index is 12.4. The first kappa shape index (κ1) is 14.7. The monoisotopic (exact) mass is 313 g/mol. The Bertz CT molecular complexity index is 816. The topological polar surface area (TPSA) is 57.8 Å². The second-order valence-corrected chi connectivity index (χ2v) is 6.94. The quantitative estimate of drug-likeness (QED) is 0.849. The molecule has 2 aliphatic heterocycles. The van der Waals surface area contributed by atoms with Crippen LogP contribution in [0.5, 0.6) is 0 Å². The lowest BCUT2D eigenvalue weighted by atomic mass is 9.86. The van der Waals surface area contributed by atoms with Crippen LogP contribution in [0.15, 0.2) is 22.1 Å². The Hall–Kier alpha value is -1.88. The van der Waals surface area contributed by atoms with Crippen molar-refractivity contribution in [1.29, 1.82) is 0 Å². The molecule has 5 heteroatoms. The molecule has 4 rings (SSSR count). The molecule has 122 valence electrons. The van der Waals surface area contributed by atoms with Gasteiger partial charge in [0.1, 0.15) is 6.17 Å². The number of aliphatic hydroxyl groups is 1. The van der Waals surface area contributed by atoms with Crippen molar-refractivity contribution in [3.63, 3.8) is 0 Å². The molecule has 1 aliphatic carbocycles. The third kappa shape index (κ3) is 2.34. The summed E-state index contributed by atoms with van der Waals surface area (Å²) in [5, 5.41) is 11.2. The minimum absolute atomic E-state index is 0.0457. The molecule has 0 aromatic carbocycles. The third-order valence-corrected chi connectivity index (χ3v) is 5.53. The standard InChI is InChI=1S/C18H23N3O2/c1-20-10-15-16(23)7-9-21(13-4-2-12(11-22)3-5-13)17(15)14-6-8-19-18(14)20/h7-10,12-13,18,22H,2-6,11H2,1H3. The largest absolute Gasteiger partial charge is 0.396 e. The predicted octanol–water partition coefficient (Wildman–Crippen LogP) is 0.207. The van der Waals surface area contributed by atoms with E-state index in [4.69, 9.17) is 0 Å². The highest BCUT2D eigenvalue weighted by Gasteiger charge is 2.28. The lowest BCUT2D eigenvalue weighted by molar-refractivity contribution is 0.167. The molecule has 0 spiro atoms. The van der Waals surface area contributed by atoms with Crippen LogP contribution >= 0.6 is 0 Å². The maximum absolute atomic E-state index is 12.4. The highest BCUT2D eigenvalue weighted by Crippen LogP contribution is 2.31. The number of aromatic nitrogens is 1. The van der Waals surface area contributed by atoms with E-state index in [9.17, 15) is 9.90 Å². The second-order valence-electron chi connectivity index (χ2n) is 6.94. The van der Waals surface area contributed by atoms with Crippen molar-refractivity contribution >= 4 is 18.0 Å². The van der Waals surface area contributed by atoms with E-state index >= 15 is 0 Å². The molecule has 1 fully saturated rings. The number of aliphatic imine (C=N–C) groups is 1. The number of pyridine rings is 1. The molecule has 3 heterocycles. The van der Waals surface area contributed by atoms with Gasteiger partial charge in [-0.05, 0) is 31.6 Å². The average Bonchev–Trinajstić information content (AvgIpc) is 3.07. The summed E-state index contributed by atoms with van der Waals surface area (Å²) in [7, 11) is 1.99. The summed E-state index contributed by atoms with van der Waals surface area (Å²) in [6, 6.07) is 2.11. The smallest absolute Gasteiger partial charge is 0.190 e. The number of aliphatic hydroxyl groups excluding tert-OH is 1. The number of hydrogen-bond acceptors (Lipinski definition) is 4. The number of fused-ring (bicyclic) bond motifs is 2. The van der Waals surface area contributed by atoms with Crippen LogP contribution in [0.4, 0.5) is 0 Å². The molecule has 1 aromatic rings. The van der Waals surface area contributed by atoms with Crippen LogP contribution in [-0.2, 0) is 0 Å². The van der Waals surface area contributed by atoms with Gasteiger partial charge in [-0.25, -0.2) is 0 Å². The lowest BCUT2D eigenvalue weighted by Crippen LogP contribution is -2.53. The van der Waals surface area contributed by atoms with E-state index < -0.39 is 0 Å². The van der Waals surface area contributed by atoms with Gasteiger partial charge < -0.3 is 14.6 Å². The molecular weight excluding hydrogens is 290 g/mol. The lowest BCUT2D eigenvalue weighted by Gasteiger charge is -2.32. The molecule has 23 heavy (non-hydrogen) atoms. The van der Waals surface area contributed by atoms with Crippen LogP contribution in [0.3, 0.4) is 0 Å². The molecule has 0 saturated heterocycles. The fraction of sp³-hybridized carbons (Fsp3) is 0.556. The zero-order valence-corrected chi connectivity index (χ0v) is 13.5. The van der Waals surface area contributed by atoms with Gasteiger partial charge in [0.05, 0.1) is 10.6 Å². The van der Waals surface area contributed by atoms with E-state index in [0.717, 1.165) is 42.7 Å². The van der Waals surface area contributed by atoms with Gasteiger partial charge in [-0.15, -0.1) is 0 Å². The van der Waals surface area contributed by atoms with Crippen molar-refractivity contribution in [3.05, 3.63) is 33.1 Å². The maximum Gasteiger partial charge on any atom is 0.190 e. The SMILES string of the molecule is CN1C=c2c(=O)ccn(C3CCC(CO)CC3)c2=C2CC=NC21. The molecule has 1 unspecified atom stereocenters. The summed E-state index contributed by atoms with van der Waals surface area (Å²) in [5.41, 5.74) is 1.33. The number of hydrogen-bond donors (Lipinski definition) is 1. The van der Waals surface area contributed by atoms with Crippen molar-refractivity contribution in [2.45, 2.75) is 44.3 Å². The second kappa shape index (κ2) is 5.64. The van der Waals surface area contributed by atoms with Gasteiger partial charge in [-0.3, -0.25) is 9.79 Å². The molecule has 5 nitrogen and oxygen atoms in total. The first-order valence-electron chi connectivity index (χ1n) is 8.49. The number of rotatable bonds is 2. The fourth-order valence-corrected chi connectivity index (χ4v) is 4.23. The molecule has 0 radical (unpaired) electrons. The number of nitrogens with zero attached hydrogens (tertiary/aromatic N) is 3. The van der Waals surface area contributed by atoms with Gasteiger partial charge in [-0.2, -0.15) is 0 Å². The Morgan fingerprint density at radius 3 is 2.83 bits per heavy atom. The zero-order chi connectivity index (χ0) is 16.0. The molecular formula is C18H23N3O2. The minimum atomic E-state index is 0.0457. The average molecular weight is 313 g/mol. The van der Waals surface area contributed by atoms with Gasteiger partial charge in [0.25, 0.3) is 0 Å². The van der Waals surface area contributed by atoms with Gasteiger partial charge in [-0.1, -0.05) is 0 Å². The Morgan fingerprint density at radius 2 is 2.09 bits per heavy atom. The molecule has 1 aromatic heterocycles. The molecule has 0 amide bonds. The highest BCUT2D eigenvalue weighted by molar-refractivity contribution is 5.79. The summed E-state index contributed by atoms with van der Waals surface area (Å²) in [6.07, 6.45) is 11.0. The zero-order valence-electron chi connectivity index (χ0n) is 13.5. The van der Waals surface area contributed by atoms with E-state index in [1.807, 2.05) is 30.6 Å². The normalized spacial score (nSPS) is 29.2. The Kier molecular flexibility index (Phi) is 3.60. The predicted molar refractivity (Wildman–Crippen MR) is 90.6 cm³/mol. The van der Waals surface area contributed by atoms with E-state index in [0.29, 0.717) is 18.6 Å². The van der Waals surface area contributed by atoms with Gasteiger partial charge in [0.15, 0.2) is 5.43 Å². The van der Waals surface area contributed by atoms with E-state index in [-0.39, 0.29) is 11.6 Å². The molecule has 0 bridgehead atoms. The van der Waals surface area contributed by atoms with Gasteiger partial charge >= 0.3 is 0 Å². The van der Waals surface area contributed by atoms with Crippen LogP contribution in [0, 0.1) is 5.92 Å². The highest BCUT2D eigenvalue weighted by atomic mass is 16.3. The van der Waals surface area contributed by atoms with Gasteiger partial charge in [0.2, 0.25) is 0 Å². The summed E-state index contributed by atoms with van der Waals surface area (Å²) in [5.74, 6) is 0.439. The Balaban J connectivity index is 1.85. The minimum Gasteiger partial charge on any atom is -0.396 e. The van der Waals surface area contributed by atoms with E-state index in [2.05, 4.69) is 9.56 Å². The van der Waals surface area contributed by atoms with Crippen molar-refractivity contribution in [1.82, 2.24) is 9.47 Å². The Labute approximate surface area is 135 Å². The first-order valence-corrected chi connectivity index (χ1v) is 8.49. The van der Waals surface area contributed by atoms with Crippen molar-refractivity contribution in [2.24, 2.45) is 10.9 Å².